The van der Waals surface area contributed by atoms with Gasteiger partial charge in [0.25, 0.3) is 0 Å². The fourth-order valence-corrected chi connectivity index (χ4v) is 7.77. The van der Waals surface area contributed by atoms with Gasteiger partial charge in [0, 0.05) is 5.92 Å². The van der Waals surface area contributed by atoms with Crippen molar-refractivity contribution in [1.29, 1.82) is 0 Å². The third-order valence-electron chi connectivity index (χ3n) is 8.93. The van der Waals surface area contributed by atoms with Crippen LogP contribution in [-0.4, -0.2) is 17.0 Å². The number of hydrogen-bond acceptors (Lipinski definition) is 2. The maximum Gasteiger partial charge on any atom is 0.133 e. The van der Waals surface area contributed by atoms with Gasteiger partial charge in [-0.2, -0.15) is 0 Å². The summed E-state index contributed by atoms with van der Waals surface area (Å²) in [6.07, 6.45) is 9.00. The summed E-state index contributed by atoms with van der Waals surface area (Å²) in [7, 11) is 0. The van der Waals surface area contributed by atoms with E-state index in [2.05, 4.69) is 20.8 Å². The summed E-state index contributed by atoms with van der Waals surface area (Å²) < 4.78 is 0. The van der Waals surface area contributed by atoms with E-state index in [0.717, 1.165) is 43.4 Å². The molecule has 4 aliphatic rings. The first-order chi connectivity index (χ1) is 11.3. The van der Waals surface area contributed by atoms with Gasteiger partial charge in [0.15, 0.2) is 0 Å². The van der Waals surface area contributed by atoms with Crippen LogP contribution >= 0.6 is 0 Å². The lowest BCUT2D eigenvalue weighted by atomic mass is 9.46. The zero-order chi connectivity index (χ0) is 17.3. The third kappa shape index (κ3) is 2.14. The van der Waals surface area contributed by atoms with Crippen LogP contribution in [0.4, 0.5) is 0 Å². The topological polar surface area (TPSA) is 37.3 Å². The molecular formula is C22H34O2. The summed E-state index contributed by atoms with van der Waals surface area (Å²) in [5.74, 6) is 2.99. The molecule has 0 unspecified atom stereocenters. The smallest absolute Gasteiger partial charge is 0.133 e. The molecule has 0 saturated heterocycles. The monoisotopic (exact) mass is 330 g/mol. The number of fused-ring (bicyclic) bond motifs is 5. The molecule has 2 heteroatoms. The number of allylic oxidation sites excluding steroid dienone is 1. The minimum absolute atomic E-state index is 0.123. The van der Waals surface area contributed by atoms with Crippen molar-refractivity contribution in [2.75, 3.05) is 0 Å². The minimum atomic E-state index is -0.123. The molecule has 3 fully saturated rings. The van der Waals surface area contributed by atoms with E-state index < -0.39 is 0 Å². The predicted molar refractivity (Wildman–Crippen MR) is 96.5 cm³/mol. The Morgan fingerprint density at radius 1 is 1.04 bits per heavy atom. The molecule has 0 aromatic heterocycles. The highest BCUT2D eigenvalue weighted by Crippen LogP contribution is 2.67. The first-order valence-electron chi connectivity index (χ1n) is 10.1. The van der Waals surface area contributed by atoms with Gasteiger partial charge >= 0.3 is 0 Å². The highest BCUT2D eigenvalue weighted by atomic mass is 16.3. The second-order valence-corrected chi connectivity index (χ2v) is 9.94. The third-order valence-corrected chi connectivity index (χ3v) is 8.93. The number of aliphatic hydroxyl groups excluding tert-OH is 1. The van der Waals surface area contributed by atoms with Gasteiger partial charge in [-0.15, -0.1) is 0 Å². The Morgan fingerprint density at radius 3 is 2.50 bits per heavy atom. The van der Waals surface area contributed by atoms with Crippen molar-refractivity contribution in [1.82, 2.24) is 0 Å². The van der Waals surface area contributed by atoms with Crippen molar-refractivity contribution in [2.24, 2.45) is 34.5 Å². The quantitative estimate of drug-likeness (QED) is 0.694. The molecule has 4 aliphatic carbocycles. The molecule has 0 radical (unpaired) electrons. The molecule has 0 bridgehead atoms. The zero-order valence-corrected chi connectivity index (χ0v) is 15.9. The Labute approximate surface area is 147 Å². The van der Waals surface area contributed by atoms with Gasteiger partial charge in [-0.25, -0.2) is 0 Å². The lowest BCUT2D eigenvalue weighted by Gasteiger charge is -2.58. The molecule has 0 heterocycles. The molecule has 3 saturated carbocycles. The fraction of sp³-hybridized carbons (Fsp3) is 0.864. The Hall–Kier alpha value is -0.630. The van der Waals surface area contributed by atoms with Crippen molar-refractivity contribution in [3.05, 3.63) is 11.1 Å². The van der Waals surface area contributed by atoms with Gasteiger partial charge in [-0.05, 0) is 93.8 Å². The first kappa shape index (κ1) is 16.8. The zero-order valence-electron chi connectivity index (χ0n) is 15.9. The molecule has 2 nitrogen and oxygen atoms in total. The number of Topliss-reactive ketones (excluding diaryl/α,β-unsaturated/α-hetero) is 1. The molecule has 0 aliphatic heterocycles. The summed E-state index contributed by atoms with van der Waals surface area (Å²) in [5, 5.41) is 10.2. The summed E-state index contributed by atoms with van der Waals surface area (Å²) in [5.41, 5.74) is 3.71. The standard InChI is InChI=1S/C22H34O2/c1-13-11-16-18-6-5-17(14(2)23)21(18,3)10-8-19(16)22(4)9-7-15(24)12-20(13)22/h15-19,24H,5-12H2,1-4H3/t15-,16+,17-,18+,19+,21-,22-/m1/s1. The van der Waals surface area contributed by atoms with Gasteiger partial charge in [-0.1, -0.05) is 25.0 Å². The highest BCUT2D eigenvalue weighted by Gasteiger charge is 2.59. The lowest BCUT2D eigenvalue weighted by Crippen LogP contribution is -2.51. The van der Waals surface area contributed by atoms with Crippen molar-refractivity contribution in [3.8, 4) is 0 Å². The van der Waals surface area contributed by atoms with E-state index in [4.69, 9.17) is 0 Å². The Balaban J connectivity index is 1.71. The Bertz CT molecular complexity index is 591. The van der Waals surface area contributed by atoms with Crippen LogP contribution < -0.4 is 0 Å². The molecule has 134 valence electrons. The molecule has 7 atom stereocenters. The van der Waals surface area contributed by atoms with Crippen LogP contribution in [0.25, 0.3) is 0 Å². The van der Waals surface area contributed by atoms with Crippen molar-refractivity contribution < 1.29 is 9.90 Å². The predicted octanol–water partition coefficient (Wildman–Crippen LogP) is 4.91. The molecule has 0 aromatic carbocycles. The van der Waals surface area contributed by atoms with Gasteiger partial charge < -0.3 is 5.11 Å². The largest absolute Gasteiger partial charge is 0.393 e. The van der Waals surface area contributed by atoms with Crippen molar-refractivity contribution >= 4 is 5.78 Å². The molecule has 24 heavy (non-hydrogen) atoms. The minimum Gasteiger partial charge on any atom is -0.393 e. The molecule has 1 N–H and O–H groups in total. The molecule has 0 spiro atoms. The maximum absolute atomic E-state index is 12.2. The van der Waals surface area contributed by atoms with Gasteiger partial charge in [0.05, 0.1) is 6.10 Å². The number of hydrogen-bond donors (Lipinski definition) is 1. The number of carbonyl (C=O) groups excluding carboxylic acids is 1. The summed E-state index contributed by atoms with van der Waals surface area (Å²) in [4.78, 5) is 12.2. The van der Waals surface area contributed by atoms with Crippen LogP contribution in [0.2, 0.25) is 0 Å². The van der Waals surface area contributed by atoms with Gasteiger partial charge in [0.2, 0.25) is 0 Å². The van der Waals surface area contributed by atoms with Gasteiger partial charge in [-0.3, -0.25) is 4.79 Å². The molecular weight excluding hydrogens is 296 g/mol. The number of ketones is 1. The van der Waals surface area contributed by atoms with Gasteiger partial charge in [0.1, 0.15) is 5.78 Å². The number of rotatable bonds is 1. The van der Waals surface area contributed by atoms with E-state index in [1.54, 1.807) is 11.1 Å². The lowest BCUT2D eigenvalue weighted by molar-refractivity contribution is -0.127. The average Bonchev–Trinajstić information content (AvgIpc) is 2.87. The van der Waals surface area contributed by atoms with E-state index in [-0.39, 0.29) is 11.5 Å². The fourth-order valence-electron chi connectivity index (χ4n) is 7.77. The first-order valence-corrected chi connectivity index (χ1v) is 10.1. The van der Waals surface area contributed by atoms with E-state index in [9.17, 15) is 9.90 Å². The van der Waals surface area contributed by atoms with Crippen LogP contribution in [0.3, 0.4) is 0 Å². The van der Waals surface area contributed by atoms with E-state index in [1.807, 2.05) is 6.92 Å². The second kappa shape index (κ2) is 5.43. The maximum atomic E-state index is 12.2. The van der Waals surface area contributed by atoms with Crippen LogP contribution in [0.5, 0.6) is 0 Å². The molecule has 0 amide bonds. The Kier molecular flexibility index (Phi) is 3.81. The van der Waals surface area contributed by atoms with Crippen LogP contribution in [0, 0.1) is 34.5 Å². The average molecular weight is 331 g/mol. The second-order valence-electron chi connectivity index (χ2n) is 9.94. The van der Waals surface area contributed by atoms with E-state index >= 15 is 0 Å². The summed E-state index contributed by atoms with van der Waals surface area (Å²) >= 11 is 0. The molecule has 4 rings (SSSR count). The number of carbonyl (C=O) groups is 1. The summed E-state index contributed by atoms with van der Waals surface area (Å²) in [6, 6.07) is 0. The number of aliphatic hydroxyl groups is 1. The molecule has 0 aromatic rings. The SMILES string of the molecule is CC(=O)[C@H]1CC[C@H]2[C@@H]3CC(C)=C4C[C@H](O)CC[C@]4(C)[C@H]3CC[C@]12C. The van der Waals surface area contributed by atoms with Crippen molar-refractivity contribution in [3.63, 3.8) is 0 Å². The Morgan fingerprint density at radius 2 is 1.79 bits per heavy atom. The van der Waals surface area contributed by atoms with Crippen LogP contribution in [0.15, 0.2) is 11.1 Å². The van der Waals surface area contributed by atoms with E-state index in [1.165, 1.54) is 25.7 Å². The van der Waals surface area contributed by atoms with Crippen LogP contribution in [-0.2, 0) is 4.79 Å². The summed E-state index contributed by atoms with van der Waals surface area (Å²) in [6.45, 7) is 9.06. The normalized spacial score (nSPS) is 51.0. The van der Waals surface area contributed by atoms with Crippen molar-refractivity contribution in [2.45, 2.75) is 85.2 Å². The van der Waals surface area contributed by atoms with E-state index in [0.29, 0.717) is 17.1 Å². The van der Waals surface area contributed by atoms with Crippen LogP contribution in [0.1, 0.15) is 79.1 Å². The highest BCUT2D eigenvalue weighted by molar-refractivity contribution is 5.79.